The van der Waals surface area contributed by atoms with Gasteiger partial charge in [-0.1, -0.05) is 12.8 Å². The van der Waals surface area contributed by atoms with E-state index in [1.807, 2.05) is 19.1 Å². The molecule has 2 unspecified atom stereocenters. The summed E-state index contributed by atoms with van der Waals surface area (Å²) in [5.41, 5.74) is 0. The van der Waals surface area contributed by atoms with Crippen molar-refractivity contribution >= 4 is 23.1 Å². The minimum absolute atomic E-state index is 0.0233. The minimum Gasteiger partial charge on any atom is -0.481 e. The van der Waals surface area contributed by atoms with Crippen LogP contribution < -0.4 is 0 Å². The van der Waals surface area contributed by atoms with E-state index >= 15 is 0 Å². The van der Waals surface area contributed by atoms with Crippen LogP contribution in [0.2, 0.25) is 0 Å². The highest BCUT2D eigenvalue weighted by Gasteiger charge is 2.36. The molecule has 1 aliphatic rings. The van der Waals surface area contributed by atoms with Gasteiger partial charge in [-0.3, -0.25) is 9.59 Å². The Balaban J connectivity index is 2.19. The molecule has 0 amide bonds. The maximum atomic E-state index is 12.3. The second-order valence-corrected chi connectivity index (χ2v) is 5.90. The summed E-state index contributed by atoms with van der Waals surface area (Å²) in [6, 6.07) is 3.73. The lowest BCUT2D eigenvalue weighted by Crippen LogP contribution is -2.32. The molecule has 3 nitrogen and oxygen atoms in total. The second-order valence-electron chi connectivity index (χ2n) is 4.61. The largest absolute Gasteiger partial charge is 0.481 e. The normalized spacial score (nSPS) is 24.5. The lowest BCUT2D eigenvalue weighted by atomic mass is 9.76. The van der Waals surface area contributed by atoms with Crippen molar-refractivity contribution in [2.75, 3.05) is 0 Å². The van der Waals surface area contributed by atoms with Gasteiger partial charge in [0.25, 0.3) is 0 Å². The van der Waals surface area contributed by atoms with E-state index in [4.69, 9.17) is 5.11 Å². The van der Waals surface area contributed by atoms with Crippen molar-refractivity contribution in [2.45, 2.75) is 32.6 Å². The third-order valence-electron chi connectivity index (χ3n) is 3.40. The quantitative estimate of drug-likeness (QED) is 0.841. The van der Waals surface area contributed by atoms with E-state index in [9.17, 15) is 9.59 Å². The van der Waals surface area contributed by atoms with Crippen LogP contribution in [0.1, 0.15) is 40.2 Å². The van der Waals surface area contributed by atoms with Crippen molar-refractivity contribution in [2.24, 2.45) is 11.8 Å². The van der Waals surface area contributed by atoms with Gasteiger partial charge >= 0.3 is 5.97 Å². The number of Topliss-reactive ketones (excluding diaryl/α,β-unsaturated/α-hetero) is 1. The van der Waals surface area contributed by atoms with Crippen LogP contribution >= 0.6 is 11.3 Å². The smallest absolute Gasteiger partial charge is 0.307 e. The van der Waals surface area contributed by atoms with Crippen molar-refractivity contribution in [3.63, 3.8) is 0 Å². The van der Waals surface area contributed by atoms with Crippen molar-refractivity contribution in [3.05, 3.63) is 21.9 Å². The molecule has 0 aliphatic heterocycles. The molecule has 0 spiro atoms. The molecule has 1 fully saturated rings. The summed E-state index contributed by atoms with van der Waals surface area (Å²) in [5, 5.41) is 9.16. The number of carboxylic acids is 1. The average Bonchev–Trinajstić information content (AvgIpc) is 2.75. The molecule has 0 bridgehead atoms. The van der Waals surface area contributed by atoms with Gasteiger partial charge < -0.3 is 5.11 Å². The highest BCUT2D eigenvalue weighted by Crippen LogP contribution is 2.34. The molecule has 0 aromatic carbocycles. The van der Waals surface area contributed by atoms with Gasteiger partial charge in [0.1, 0.15) is 0 Å². The minimum atomic E-state index is -0.823. The summed E-state index contributed by atoms with van der Waals surface area (Å²) >= 11 is 1.46. The molecule has 92 valence electrons. The van der Waals surface area contributed by atoms with Gasteiger partial charge in [0.15, 0.2) is 5.78 Å². The van der Waals surface area contributed by atoms with E-state index < -0.39 is 11.9 Å². The predicted octanol–water partition coefficient (Wildman–Crippen LogP) is 3.13. The third kappa shape index (κ3) is 2.57. The monoisotopic (exact) mass is 252 g/mol. The molecule has 2 rings (SSSR count). The van der Waals surface area contributed by atoms with Crippen molar-refractivity contribution in [1.82, 2.24) is 0 Å². The summed E-state index contributed by atoms with van der Waals surface area (Å²) in [6.07, 6.45) is 3.23. The Labute approximate surface area is 104 Å². The number of rotatable bonds is 3. The van der Waals surface area contributed by atoms with Crippen molar-refractivity contribution in [1.29, 1.82) is 0 Å². The molecule has 0 saturated heterocycles. The Morgan fingerprint density at radius 3 is 2.41 bits per heavy atom. The molecule has 4 heteroatoms. The number of hydrogen-bond donors (Lipinski definition) is 1. The standard InChI is InChI=1S/C13H16O3S/c1-8-6-7-11(17-8)12(14)9-4-2-3-5-10(9)13(15)16/h6-7,9-10H,2-5H2,1H3,(H,15,16). The van der Waals surface area contributed by atoms with E-state index in [0.717, 1.165) is 17.7 Å². The van der Waals surface area contributed by atoms with Crippen LogP contribution in [0.5, 0.6) is 0 Å². The highest BCUT2D eigenvalue weighted by molar-refractivity contribution is 7.14. The fourth-order valence-electron chi connectivity index (χ4n) is 2.49. The Morgan fingerprint density at radius 1 is 1.24 bits per heavy atom. The van der Waals surface area contributed by atoms with Crippen LogP contribution in [-0.2, 0) is 4.79 Å². The second kappa shape index (κ2) is 5.00. The van der Waals surface area contributed by atoms with E-state index in [1.165, 1.54) is 11.3 Å². The summed E-state index contributed by atoms with van der Waals surface area (Å²) in [7, 11) is 0. The zero-order valence-electron chi connectivity index (χ0n) is 9.81. The molecule has 1 aromatic heterocycles. The summed E-state index contributed by atoms with van der Waals surface area (Å²) in [6.45, 7) is 1.96. The fraction of sp³-hybridized carbons (Fsp3) is 0.538. The molecule has 1 N–H and O–H groups in total. The Hall–Kier alpha value is -1.16. The molecule has 1 aliphatic carbocycles. The molecule has 1 aromatic rings. The number of hydrogen-bond acceptors (Lipinski definition) is 3. The first-order valence-electron chi connectivity index (χ1n) is 5.93. The molecule has 2 atom stereocenters. The molecule has 1 saturated carbocycles. The number of aryl methyl sites for hydroxylation is 1. The Bertz CT molecular complexity index is 436. The SMILES string of the molecule is Cc1ccc(C(=O)C2CCCCC2C(=O)O)s1. The first kappa shape index (κ1) is 12.3. The topological polar surface area (TPSA) is 54.4 Å². The van der Waals surface area contributed by atoms with Crippen molar-refractivity contribution < 1.29 is 14.7 Å². The van der Waals surface area contributed by atoms with E-state index in [1.54, 1.807) is 0 Å². The van der Waals surface area contributed by atoms with Crippen LogP contribution in [0, 0.1) is 18.8 Å². The van der Waals surface area contributed by atoms with Gasteiger partial charge in [-0.25, -0.2) is 0 Å². The van der Waals surface area contributed by atoms with Crippen LogP contribution in [0.25, 0.3) is 0 Å². The van der Waals surface area contributed by atoms with Crippen molar-refractivity contribution in [3.8, 4) is 0 Å². The van der Waals surface area contributed by atoms with Gasteiger partial charge in [-0.05, 0) is 31.9 Å². The number of thiophene rings is 1. The lowest BCUT2D eigenvalue weighted by molar-refractivity contribution is -0.144. The maximum absolute atomic E-state index is 12.3. The zero-order chi connectivity index (χ0) is 12.4. The van der Waals surface area contributed by atoms with Crippen LogP contribution in [-0.4, -0.2) is 16.9 Å². The third-order valence-corrected chi connectivity index (χ3v) is 4.42. The number of carboxylic acid groups (broad SMARTS) is 1. The predicted molar refractivity (Wildman–Crippen MR) is 66.5 cm³/mol. The van der Waals surface area contributed by atoms with E-state index in [2.05, 4.69) is 0 Å². The average molecular weight is 252 g/mol. The van der Waals surface area contributed by atoms with Gasteiger partial charge in [-0.2, -0.15) is 0 Å². The Morgan fingerprint density at radius 2 is 1.88 bits per heavy atom. The van der Waals surface area contributed by atoms with Crippen LogP contribution in [0.3, 0.4) is 0 Å². The van der Waals surface area contributed by atoms with E-state index in [0.29, 0.717) is 17.7 Å². The van der Waals surface area contributed by atoms with Crippen LogP contribution in [0.4, 0.5) is 0 Å². The first-order chi connectivity index (χ1) is 8.09. The molecular formula is C13H16O3S. The van der Waals surface area contributed by atoms with Gasteiger partial charge in [0.05, 0.1) is 10.8 Å². The molecular weight excluding hydrogens is 236 g/mol. The van der Waals surface area contributed by atoms with Crippen LogP contribution in [0.15, 0.2) is 12.1 Å². The summed E-state index contributed by atoms with van der Waals surface area (Å²) in [5.74, 6) is -1.61. The fourth-order valence-corrected chi connectivity index (χ4v) is 3.36. The summed E-state index contributed by atoms with van der Waals surface area (Å²) in [4.78, 5) is 25.2. The maximum Gasteiger partial charge on any atom is 0.307 e. The summed E-state index contributed by atoms with van der Waals surface area (Å²) < 4.78 is 0. The van der Waals surface area contributed by atoms with Gasteiger partial charge in [-0.15, -0.1) is 11.3 Å². The van der Waals surface area contributed by atoms with Gasteiger partial charge in [0, 0.05) is 10.8 Å². The number of carbonyl (C=O) groups excluding carboxylic acids is 1. The Kier molecular flexibility index (Phi) is 3.62. The van der Waals surface area contributed by atoms with Gasteiger partial charge in [0.2, 0.25) is 0 Å². The first-order valence-corrected chi connectivity index (χ1v) is 6.74. The molecule has 1 heterocycles. The molecule has 17 heavy (non-hydrogen) atoms. The van der Waals surface area contributed by atoms with E-state index in [-0.39, 0.29) is 11.7 Å². The number of carbonyl (C=O) groups is 2. The number of ketones is 1. The molecule has 0 radical (unpaired) electrons. The zero-order valence-corrected chi connectivity index (χ0v) is 10.6. The number of aliphatic carboxylic acids is 1. The highest BCUT2D eigenvalue weighted by atomic mass is 32.1. The lowest BCUT2D eigenvalue weighted by Gasteiger charge is -2.26.